The molecular weight excluding hydrogens is 501 g/mol. The predicted molar refractivity (Wildman–Crippen MR) is 68.3 cm³/mol. The van der Waals surface area contributed by atoms with Crippen LogP contribution in [0.25, 0.3) is 0 Å². The largest absolute Gasteiger partial charge is 2.00 e. The van der Waals surface area contributed by atoms with Crippen LogP contribution in [0, 0.1) is 0 Å². The summed E-state index contributed by atoms with van der Waals surface area (Å²) in [5.41, 5.74) is -11.3. The van der Waals surface area contributed by atoms with E-state index in [9.17, 15) is 26.3 Å². The van der Waals surface area contributed by atoms with Crippen LogP contribution in [0.15, 0.2) is 24.3 Å². The molecular formula is C10H12F6O6PdS2. The van der Waals surface area contributed by atoms with E-state index in [1.54, 1.807) is 0 Å². The van der Waals surface area contributed by atoms with Crippen LogP contribution in [0.3, 0.4) is 0 Å². The third-order valence-electron chi connectivity index (χ3n) is 1.90. The first kappa shape index (κ1) is 29.3. The molecule has 0 unspecified atom stereocenters. The summed E-state index contributed by atoms with van der Waals surface area (Å²) in [5.74, 6) is 0. The van der Waals surface area contributed by atoms with Gasteiger partial charge in [-0.25, -0.2) is 16.8 Å². The average Bonchev–Trinajstić information content (AvgIpc) is 2.23. The fraction of sp³-hybridized carbons (Fsp3) is 0.600. The first-order valence-electron chi connectivity index (χ1n) is 5.84. The van der Waals surface area contributed by atoms with Crippen molar-refractivity contribution in [3.63, 3.8) is 0 Å². The van der Waals surface area contributed by atoms with Crippen molar-refractivity contribution < 1.29 is 72.7 Å². The summed E-state index contributed by atoms with van der Waals surface area (Å²) in [6, 6.07) is 0. The maximum absolute atomic E-state index is 10.7. The second-order valence-corrected chi connectivity index (χ2v) is 6.64. The molecule has 25 heavy (non-hydrogen) atoms. The Balaban J connectivity index is -0.000000285. The second-order valence-electron chi connectivity index (χ2n) is 3.90. The topological polar surface area (TPSA) is 114 Å². The van der Waals surface area contributed by atoms with Crippen molar-refractivity contribution >= 4 is 20.2 Å². The molecule has 1 aliphatic rings. The Morgan fingerprint density at radius 1 is 0.600 bits per heavy atom. The van der Waals surface area contributed by atoms with Crippen molar-refractivity contribution in [1.29, 1.82) is 0 Å². The summed E-state index contributed by atoms with van der Waals surface area (Å²) < 4.78 is 118. The normalized spacial score (nSPS) is 15.4. The van der Waals surface area contributed by atoms with Crippen LogP contribution in [-0.2, 0) is 40.7 Å². The van der Waals surface area contributed by atoms with Gasteiger partial charge >= 0.3 is 31.4 Å². The number of alkyl halides is 6. The quantitative estimate of drug-likeness (QED) is 0.162. The van der Waals surface area contributed by atoms with Gasteiger partial charge in [-0.3, -0.25) is 0 Å². The standard InChI is InChI=1S/C8H12.2CHF3O3S.Pd/c1-2-4-6-8-7-5-3-1;2*2-1(3,4)8(5,6)7;/h1-2,7-8H,3-6H2;2*(H,5,6,7);/q;;;+2/p-2. The van der Waals surface area contributed by atoms with E-state index >= 15 is 0 Å². The Bertz CT molecular complexity index is 553. The van der Waals surface area contributed by atoms with E-state index in [4.69, 9.17) is 25.9 Å². The summed E-state index contributed by atoms with van der Waals surface area (Å²) >= 11 is 0. The van der Waals surface area contributed by atoms with Gasteiger partial charge in [0.25, 0.3) is 0 Å². The number of halogens is 6. The van der Waals surface area contributed by atoms with E-state index in [-0.39, 0.29) is 20.4 Å². The third kappa shape index (κ3) is 16.7. The molecule has 0 saturated heterocycles. The fourth-order valence-corrected chi connectivity index (χ4v) is 0.856. The molecule has 0 aromatic rings. The van der Waals surface area contributed by atoms with Crippen LogP contribution in [0.1, 0.15) is 25.7 Å². The van der Waals surface area contributed by atoms with Crippen LogP contribution < -0.4 is 0 Å². The Kier molecular flexibility index (Phi) is 14.1. The molecule has 152 valence electrons. The van der Waals surface area contributed by atoms with Gasteiger partial charge in [-0.2, -0.15) is 26.3 Å². The van der Waals surface area contributed by atoms with Gasteiger partial charge in [0.1, 0.15) is 0 Å². The van der Waals surface area contributed by atoms with Crippen LogP contribution in [-0.4, -0.2) is 37.0 Å². The molecule has 0 aromatic carbocycles. The molecule has 0 fully saturated rings. The van der Waals surface area contributed by atoms with E-state index in [2.05, 4.69) is 24.3 Å². The Hall–Kier alpha value is -0.458. The van der Waals surface area contributed by atoms with Gasteiger partial charge in [0, 0.05) is 0 Å². The molecule has 1 rings (SSSR count). The zero-order valence-corrected chi connectivity index (χ0v) is 15.2. The predicted octanol–water partition coefficient (Wildman–Crippen LogP) is 2.77. The van der Waals surface area contributed by atoms with Crippen molar-refractivity contribution in [3.8, 4) is 0 Å². The van der Waals surface area contributed by atoms with Crippen molar-refractivity contribution in [1.82, 2.24) is 0 Å². The van der Waals surface area contributed by atoms with Gasteiger partial charge in [-0.15, -0.1) is 0 Å². The minimum absolute atomic E-state index is 0. The molecule has 0 amide bonds. The maximum Gasteiger partial charge on any atom is 2.00 e. The van der Waals surface area contributed by atoms with Crippen LogP contribution in [0.4, 0.5) is 26.3 Å². The molecule has 0 radical (unpaired) electrons. The molecule has 0 aromatic heterocycles. The smallest absolute Gasteiger partial charge is 0.741 e. The van der Waals surface area contributed by atoms with Gasteiger partial charge in [0.2, 0.25) is 0 Å². The first-order chi connectivity index (χ1) is 10.5. The maximum atomic E-state index is 10.7. The van der Waals surface area contributed by atoms with Crippen molar-refractivity contribution in [2.75, 3.05) is 0 Å². The van der Waals surface area contributed by atoms with E-state index in [1.165, 1.54) is 25.7 Å². The van der Waals surface area contributed by atoms with E-state index in [0.717, 1.165) is 0 Å². The zero-order valence-electron chi connectivity index (χ0n) is 12.0. The molecule has 1 aliphatic carbocycles. The minimum atomic E-state index is -6.09. The summed E-state index contributed by atoms with van der Waals surface area (Å²) in [4.78, 5) is 0. The second kappa shape index (κ2) is 12.0. The third-order valence-corrected chi connectivity index (χ3v) is 3.03. The van der Waals surface area contributed by atoms with E-state index < -0.39 is 31.3 Å². The molecule has 0 N–H and O–H groups in total. The van der Waals surface area contributed by atoms with E-state index in [0.29, 0.717) is 0 Å². The number of allylic oxidation sites excluding steroid dienone is 4. The van der Waals surface area contributed by atoms with Crippen LogP contribution in [0.2, 0.25) is 0 Å². The summed E-state index contributed by atoms with van der Waals surface area (Å²) in [6.45, 7) is 0. The van der Waals surface area contributed by atoms with E-state index in [1.807, 2.05) is 0 Å². The summed E-state index contributed by atoms with van der Waals surface area (Å²) in [7, 11) is -12.2. The molecule has 6 nitrogen and oxygen atoms in total. The Morgan fingerprint density at radius 3 is 0.800 bits per heavy atom. The first-order valence-corrected chi connectivity index (χ1v) is 8.66. The summed E-state index contributed by atoms with van der Waals surface area (Å²) in [6.07, 6.45) is 14.0. The fourth-order valence-electron chi connectivity index (χ4n) is 0.856. The minimum Gasteiger partial charge on any atom is -0.741 e. The zero-order chi connectivity index (χ0) is 19.7. The van der Waals surface area contributed by atoms with Crippen molar-refractivity contribution in [2.45, 2.75) is 36.7 Å². The number of hydrogen-bond donors (Lipinski definition) is 0. The molecule has 0 spiro atoms. The molecule has 0 saturated carbocycles. The molecule has 0 heterocycles. The average molecular weight is 513 g/mol. The van der Waals surface area contributed by atoms with Gasteiger partial charge in [0.05, 0.1) is 0 Å². The van der Waals surface area contributed by atoms with Crippen LogP contribution >= 0.6 is 0 Å². The van der Waals surface area contributed by atoms with Crippen molar-refractivity contribution in [3.05, 3.63) is 24.3 Å². The van der Waals surface area contributed by atoms with Gasteiger partial charge < -0.3 is 9.11 Å². The van der Waals surface area contributed by atoms with Crippen LogP contribution in [0.5, 0.6) is 0 Å². The molecule has 15 heteroatoms. The number of rotatable bonds is 0. The van der Waals surface area contributed by atoms with Gasteiger partial charge in [-0.05, 0) is 25.7 Å². The SMILES string of the molecule is C1=CCCC=CCC1.O=S(=O)([O-])C(F)(F)F.O=S(=O)([O-])C(F)(F)F.[Pd+2]. The number of hydrogen-bond acceptors (Lipinski definition) is 6. The monoisotopic (exact) mass is 512 g/mol. The van der Waals surface area contributed by atoms with Gasteiger partial charge in [0.15, 0.2) is 20.2 Å². The Labute approximate surface area is 154 Å². The molecule has 0 atom stereocenters. The molecule has 0 bridgehead atoms. The Morgan fingerprint density at radius 2 is 0.720 bits per heavy atom. The van der Waals surface area contributed by atoms with Crippen molar-refractivity contribution in [2.24, 2.45) is 0 Å². The van der Waals surface area contributed by atoms with Gasteiger partial charge in [-0.1, -0.05) is 24.3 Å². The summed E-state index contributed by atoms with van der Waals surface area (Å²) in [5, 5.41) is 0. The molecule has 0 aliphatic heterocycles.